The van der Waals surface area contributed by atoms with Gasteiger partial charge in [0.05, 0.1) is 5.69 Å². The van der Waals surface area contributed by atoms with E-state index in [1.54, 1.807) is 0 Å². The van der Waals surface area contributed by atoms with Gasteiger partial charge in [0.2, 0.25) is 5.91 Å². The molecule has 0 saturated carbocycles. The molecule has 0 unspecified atom stereocenters. The zero-order valence-electron chi connectivity index (χ0n) is 8.72. The van der Waals surface area contributed by atoms with Crippen LogP contribution in [-0.2, 0) is 9.53 Å². The predicted octanol–water partition coefficient (Wildman–Crippen LogP) is 3.01. The van der Waals surface area contributed by atoms with Crippen molar-refractivity contribution in [3.63, 3.8) is 0 Å². The molecule has 0 aliphatic heterocycles. The molecule has 1 aromatic heterocycles. The Balaban J connectivity index is 2.47. The van der Waals surface area contributed by atoms with Crippen LogP contribution in [-0.4, -0.2) is 30.3 Å². The molecule has 1 aromatic rings. The fourth-order valence-corrected chi connectivity index (χ4v) is 1.44. The first-order chi connectivity index (χ1) is 8.28. The number of amides is 1. The molecule has 18 heavy (non-hydrogen) atoms. The average Bonchev–Trinajstić information content (AvgIpc) is 2.21. The molecule has 0 aliphatic carbocycles. The molecule has 0 aliphatic rings. The van der Waals surface area contributed by atoms with Crippen LogP contribution in [0.5, 0.6) is 0 Å². The second-order valence-corrected chi connectivity index (χ2v) is 4.42. The SMILES string of the molecule is O=C(COCC(F)(F)F)Nc1cc(Br)cnc1Cl. The lowest BCUT2D eigenvalue weighted by molar-refractivity contribution is -0.174. The van der Waals surface area contributed by atoms with Gasteiger partial charge in [-0.2, -0.15) is 13.2 Å². The predicted molar refractivity (Wildman–Crippen MR) is 62.5 cm³/mol. The number of hydrogen-bond acceptors (Lipinski definition) is 3. The fourth-order valence-electron chi connectivity index (χ4n) is 0.956. The minimum atomic E-state index is -4.46. The molecule has 1 heterocycles. The van der Waals surface area contributed by atoms with Crippen LogP contribution in [0.1, 0.15) is 0 Å². The molecule has 0 spiro atoms. The Morgan fingerprint density at radius 3 is 2.83 bits per heavy atom. The van der Waals surface area contributed by atoms with Crippen molar-refractivity contribution in [1.29, 1.82) is 0 Å². The molecule has 1 amide bonds. The molecule has 0 atom stereocenters. The van der Waals surface area contributed by atoms with Crippen LogP contribution < -0.4 is 5.32 Å². The van der Waals surface area contributed by atoms with E-state index in [1.807, 2.05) is 0 Å². The monoisotopic (exact) mass is 346 g/mol. The standard InChI is InChI=1S/C9H7BrClF3N2O2/c10-5-1-6(8(11)15-2-5)16-7(17)3-18-4-9(12,13)14/h1-2H,3-4H2,(H,16,17). The van der Waals surface area contributed by atoms with Gasteiger partial charge < -0.3 is 10.1 Å². The number of hydrogen-bond donors (Lipinski definition) is 1. The first kappa shape index (κ1) is 15.2. The Morgan fingerprint density at radius 2 is 2.22 bits per heavy atom. The van der Waals surface area contributed by atoms with E-state index in [-0.39, 0.29) is 10.8 Å². The fraction of sp³-hybridized carbons (Fsp3) is 0.333. The summed E-state index contributed by atoms with van der Waals surface area (Å²) in [4.78, 5) is 15.0. The maximum atomic E-state index is 11.8. The molecule has 100 valence electrons. The summed E-state index contributed by atoms with van der Waals surface area (Å²) in [6.07, 6.45) is -3.05. The summed E-state index contributed by atoms with van der Waals surface area (Å²) in [5.74, 6) is -0.749. The first-order valence-corrected chi connectivity index (χ1v) is 5.70. The second kappa shape index (κ2) is 6.35. The normalized spacial score (nSPS) is 11.4. The molecule has 0 bridgehead atoms. The zero-order chi connectivity index (χ0) is 13.8. The minimum Gasteiger partial charge on any atom is -0.362 e. The Morgan fingerprint density at radius 1 is 1.56 bits per heavy atom. The number of anilines is 1. The van der Waals surface area contributed by atoms with Crippen molar-refractivity contribution >= 4 is 39.1 Å². The van der Waals surface area contributed by atoms with Crippen LogP contribution in [0, 0.1) is 0 Å². The Labute approximate surface area is 114 Å². The van der Waals surface area contributed by atoms with Crippen LogP contribution >= 0.6 is 27.5 Å². The number of aromatic nitrogens is 1. The highest BCUT2D eigenvalue weighted by Gasteiger charge is 2.27. The molecule has 0 fully saturated rings. The van der Waals surface area contributed by atoms with Crippen molar-refractivity contribution in [1.82, 2.24) is 4.98 Å². The van der Waals surface area contributed by atoms with Crippen LogP contribution in [0.3, 0.4) is 0 Å². The van der Waals surface area contributed by atoms with E-state index in [9.17, 15) is 18.0 Å². The summed E-state index contributed by atoms with van der Waals surface area (Å²) < 4.78 is 40.0. The third-order valence-electron chi connectivity index (χ3n) is 1.58. The number of carbonyl (C=O) groups excluding carboxylic acids is 1. The van der Waals surface area contributed by atoms with Crippen molar-refractivity contribution in [3.05, 3.63) is 21.9 Å². The topological polar surface area (TPSA) is 51.2 Å². The number of nitrogens with one attached hydrogen (secondary N) is 1. The summed E-state index contributed by atoms with van der Waals surface area (Å²) in [6, 6.07) is 1.47. The van der Waals surface area contributed by atoms with Gasteiger partial charge in [-0.3, -0.25) is 4.79 Å². The van der Waals surface area contributed by atoms with Gasteiger partial charge in [-0.25, -0.2) is 4.98 Å². The largest absolute Gasteiger partial charge is 0.411 e. The number of rotatable bonds is 4. The number of pyridine rings is 1. The molecule has 1 N–H and O–H groups in total. The van der Waals surface area contributed by atoms with E-state index in [1.165, 1.54) is 12.3 Å². The van der Waals surface area contributed by atoms with Gasteiger partial charge in [0.1, 0.15) is 13.2 Å². The van der Waals surface area contributed by atoms with E-state index in [4.69, 9.17) is 11.6 Å². The van der Waals surface area contributed by atoms with Gasteiger partial charge in [-0.1, -0.05) is 11.6 Å². The number of alkyl halides is 3. The number of carbonyl (C=O) groups is 1. The Kier molecular flexibility index (Phi) is 5.36. The van der Waals surface area contributed by atoms with Crippen LogP contribution in [0.15, 0.2) is 16.7 Å². The van der Waals surface area contributed by atoms with E-state index in [0.29, 0.717) is 4.47 Å². The van der Waals surface area contributed by atoms with Gasteiger partial charge in [-0.15, -0.1) is 0 Å². The summed E-state index contributed by atoms with van der Waals surface area (Å²) in [7, 11) is 0. The van der Waals surface area contributed by atoms with Gasteiger partial charge in [0.25, 0.3) is 0 Å². The summed E-state index contributed by atoms with van der Waals surface area (Å²) in [6.45, 7) is -2.20. The van der Waals surface area contributed by atoms with Crippen LogP contribution in [0.2, 0.25) is 5.15 Å². The van der Waals surface area contributed by atoms with Crippen LogP contribution in [0.25, 0.3) is 0 Å². The summed E-state index contributed by atoms with van der Waals surface area (Å²) >= 11 is 8.79. The molecular formula is C9H7BrClF3N2O2. The maximum absolute atomic E-state index is 11.8. The highest BCUT2D eigenvalue weighted by molar-refractivity contribution is 9.10. The maximum Gasteiger partial charge on any atom is 0.411 e. The van der Waals surface area contributed by atoms with Crippen molar-refractivity contribution < 1.29 is 22.7 Å². The van der Waals surface area contributed by atoms with E-state index < -0.39 is 25.3 Å². The molecule has 0 saturated heterocycles. The lowest BCUT2D eigenvalue weighted by Crippen LogP contribution is -2.24. The van der Waals surface area contributed by atoms with Gasteiger partial charge >= 0.3 is 6.18 Å². The highest BCUT2D eigenvalue weighted by Crippen LogP contribution is 2.22. The average molecular weight is 348 g/mol. The molecule has 1 rings (SSSR count). The van der Waals surface area contributed by atoms with Crippen molar-refractivity contribution in [2.24, 2.45) is 0 Å². The number of nitrogens with zero attached hydrogens (tertiary/aromatic N) is 1. The third kappa shape index (κ3) is 5.65. The second-order valence-electron chi connectivity index (χ2n) is 3.15. The minimum absolute atomic E-state index is 0.0300. The van der Waals surface area contributed by atoms with Crippen LogP contribution in [0.4, 0.5) is 18.9 Å². The molecule has 9 heteroatoms. The van der Waals surface area contributed by atoms with Crippen molar-refractivity contribution in [2.45, 2.75) is 6.18 Å². The Hall–Kier alpha value is -0.860. The summed E-state index contributed by atoms with van der Waals surface area (Å²) in [5, 5.41) is 2.31. The smallest absolute Gasteiger partial charge is 0.362 e. The molecular weight excluding hydrogens is 340 g/mol. The number of halogens is 5. The molecule has 0 radical (unpaired) electrons. The Bertz CT molecular complexity index is 442. The number of ether oxygens (including phenoxy) is 1. The van der Waals surface area contributed by atoms with Crippen molar-refractivity contribution in [2.75, 3.05) is 18.5 Å². The summed E-state index contributed by atoms with van der Waals surface area (Å²) in [5.41, 5.74) is 0.187. The lowest BCUT2D eigenvalue weighted by Gasteiger charge is -2.09. The molecule has 4 nitrogen and oxygen atoms in total. The lowest BCUT2D eigenvalue weighted by atomic mass is 10.4. The first-order valence-electron chi connectivity index (χ1n) is 4.53. The third-order valence-corrected chi connectivity index (χ3v) is 2.31. The van der Waals surface area contributed by atoms with Gasteiger partial charge in [0, 0.05) is 10.7 Å². The zero-order valence-corrected chi connectivity index (χ0v) is 11.1. The molecule has 0 aromatic carbocycles. The van der Waals surface area contributed by atoms with E-state index >= 15 is 0 Å². The van der Waals surface area contributed by atoms with Gasteiger partial charge in [0.15, 0.2) is 5.15 Å². The van der Waals surface area contributed by atoms with E-state index in [2.05, 4.69) is 31.0 Å². The van der Waals surface area contributed by atoms with Crippen molar-refractivity contribution in [3.8, 4) is 0 Å². The van der Waals surface area contributed by atoms with Gasteiger partial charge in [-0.05, 0) is 22.0 Å². The highest BCUT2D eigenvalue weighted by atomic mass is 79.9. The quantitative estimate of drug-likeness (QED) is 0.852. The van der Waals surface area contributed by atoms with E-state index in [0.717, 1.165) is 0 Å².